The molecule has 2 heterocycles. The lowest BCUT2D eigenvalue weighted by atomic mass is 10.1. The van der Waals surface area contributed by atoms with Crippen LogP contribution in [0.2, 0.25) is 0 Å². The van der Waals surface area contributed by atoms with Crippen molar-refractivity contribution in [3.8, 4) is 0 Å². The Morgan fingerprint density at radius 1 is 1.46 bits per heavy atom. The van der Waals surface area contributed by atoms with Gasteiger partial charge >= 0.3 is 0 Å². The molecule has 24 heavy (non-hydrogen) atoms. The first-order chi connectivity index (χ1) is 11.2. The fraction of sp³-hybridized carbons (Fsp3) is 0.733. The molecule has 2 atom stereocenters. The normalized spacial score (nSPS) is 21.4. The lowest BCUT2D eigenvalue weighted by Gasteiger charge is -2.20. The van der Waals surface area contributed by atoms with Gasteiger partial charge in [0, 0.05) is 32.8 Å². The Hall–Kier alpha value is -1.45. The van der Waals surface area contributed by atoms with Gasteiger partial charge in [0.05, 0.1) is 36.3 Å². The highest BCUT2D eigenvalue weighted by Gasteiger charge is 2.34. The van der Waals surface area contributed by atoms with Crippen LogP contribution in [0.15, 0.2) is 6.20 Å². The first kappa shape index (κ1) is 18.9. The molecule has 1 fully saturated rings. The molecule has 0 unspecified atom stereocenters. The van der Waals surface area contributed by atoms with Crippen molar-refractivity contribution in [1.29, 1.82) is 0 Å². The zero-order chi connectivity index (χ0) is 17.9. The molecule has 0 bridgehead atoms. The maximum Gasteiger partial charge on any atom is 0.255 e. The minimum Gasteiger partial charge on any atom is -0.379 e. The van der Waals surface area contributed by atoms with Gasteiger partial charge in [0.25, 0.3) is 5.91 Å². The summed E-state index contributed by atoms with van der Waals surface area (Å²) in [6.45, 7) is 5.24. The van der Waals surface area contributed by atoms with Gasteiger partial charge in [0.1, 0.15) is 0 Å². The molecule has 8 nitrogen and oxygen atoms in total. The molecule has 136 valence electrons. The van der Waals surface area contributed by atoms with Crippen LogP contribution >= 0.6 is 0 Å². The lowest BCUT2D eigenvalue weighted by Crippen LogP contribution is -2.43. The van der Waals surface area contributed by atoms with Crippen LogP contribution in [0.1, 0.15) is 29.4 Å². The van der Waals surface area contributed by atoms with Crippen molar-refractivity contribution >= 4 is 15.9 Å². The Morgan fingerprint density at radius 2 is 2.17 bits per heavy atom. The Balaban J connectivity index is 2.05. The number of rotatable bonds is 7. The molecule has 1 amide bonds. The molecule has 9 heteroatoms. The van der Waals surface area contributed by atoms with Gasteiger partial charge in [-0.15, -0.1) is 0 Å². The van der Waals surface area contributed by atoms with E-state index in [0.29, 0.717) is 24.5 Å². The Kier molecular flexibility index (Phi) is 6.00. The van der Waals surface area contributed by atoms with Gasteiger partial charge in [0.15, 0.2) is 0 Å². The number of sulfonamides is 1. The summed E-state index contributed by atoms with van der Waals surface area (Å²) in [6.07, 6.45) is 2.67. The number of amides is 1. The number of nitrogens with one attached hydrogen (secondary N) is 1. The maximum absolute atomic E-state index is 12.5. The SMILES string of the molecule is CCCn1cc(C(=O)N[C@@H]2COC[C@H]2CS(=O)(=O)N(C)C)c(C)n1. The number of ether oxygens (including phenoxy) is 1. The van der Waals surface area contributed by atoms with Crippen LogP contribution in [0.4, 0.5) is 0 Å². The zero-order valence-corrected chi connectivity index (χ0v) is 15.5. The monoisotopic (exact) mass is 358 g/mol. The number of hydrogen-bond acceptors (Lipinski definition) is 5. The minimum absolute atomic E-state index is 0.0426. The third-order valence-corrected chi connectivity index (χ3v) is 6.10. The van der Waals surface area contributed by atoms with E-state index in [1.165, 1.54) is 18.4 Å². The smallest absolute Gasteiger partial charge is 0.255 e. The van der Waals surface area contributed by atoms with E-state index < -0.39 is 10.0 Å². The molecule has 2 rings (SSSR count). The van der Waals surface area contributed by atoms with E-state index in [-0.39, 0.29) is 23.6 Å². The second-order valence-corrected chi connectivity index (χ2v) is 8.56. The first-order valence-corrected chi connectivity index (χ1v) is 9.68. The third-order valence-electron chi connectivity index (χ3n) is 4.14. The van der Waals surface area contributed by atoms with E-state index in [9.17, 15) is 13.2 Å². The van der Waals surface area contributed by atoms with Crippen LogP contribution in [0.3, 0.4) is 0 Å². The predicted octanol–water partition coefficient (Wildman–Crippen LogP) is 0.238. The third kappa shape index (κ3) is 4.34. The van der Waals surface area contributed by atoms with Crippen LogP contribution in [0.25, 0.3) is 0 Å². The fourth-order valence-electron chi connectivity index (χ4n) is 2.67. The van der Waals surface area contributed by atoms with Crippen molar-refractivity contribution in [2.24, 2.45) is 5.92 Å². The molecule has 1 saturated heterocycles. The van der Waals surface area contributed by atoms with Crippen molar-refractivity contribution in [1.82, 2.24) is 19.4 Å². The quantitative estimate of drug-likeness (QED) is 0.753. The molecule has 1 aliphatic rings. The molecule has 0 saturated carbocycles. The van der Waals surface area contributed by atoms with E-state index in [1.807, 2.05) is 6.92 Å². The summed E-state index contributed by atoms with van der Waals surface area (Å²) in [5.74, 6) is -0.538. The fourth-order valence-corrected chi connectivity index (χ4v) is 3.84. The van der Waals surface area contributed by atoms with Gasteiger partial charge in [-0.25, -0.2) is 12.7 Å². The van der Waals surface area contributed by atoms with Crippen molar-refractivity contribution in [3.05, 3.63) is 17.5 Å². The van der Waals surface area contributed by atoms with Gasteiger partial charge < -0.3 is 10.1 Å². The van der Waals surface area contributed by atoms with Gasteiger partial charge in [-0.1, -0.05) is 6.92 Å². The number of aromatic nitrogens is 2. The molecule has 0 aromatic carbocycles. The maximum atomic E-state index is 12.5. The Morgan fingerprint density at radius 3 is 2.79 bits per heavy atom. The highest BCUT2D eigenvalue weighted by molar-refractivity contribution is 7.89. The predicted molar refractivity (Wildman–Crippen MR) is 90.3 cm³/mol. The van der Waals surface area contributed by atoms with Crippen molar-refractivity contribution < 1.29 is 17.9 Å². The van der Waals surface area contributed by atoms with Crippen molar-refractivity contribution in [2.45, 2.75) is 32.9 Å². The van der Waals surface area contributed by atoms with Crippen molar-refractivity contribution in [2.75, 3.05) is 33.1 Å². The highest BCUT2D eigenvalue weighted by Crippen LogP contribution is 2.18. The van der Waals surface area contributed by atoms with Gasteiger partial charge in [-0.3, -0.25) is 9.48 Å². The number of hydrogen-bond donors (Lipinski definition) is 1. The van der Waals surface area contributed by atoms with Crippen LogP contribution in [0, 0.1) is 12.8 Å². The van der Waals surface area contributed by atoms with Crippen LogP contribution < -0.4 is 5.32 Å². The van der Waals surface area contributed by atoms with E-state index in [4.69, 9.17) is 4.74 Å². The molecular formula is C15H26N4O4S. The minimum atomic E-state index is -3.34. The Bertz CT molecular complexity index is 684. The summed E-state index contributed by atoms with van der Waals surface area (Å²) < 4.78 is 32.5. The summed E-state index contributed by atoms with van der Waals surface area (Å²) in [7, 11) is -0.332. The highest BCUT2D eigenvalue weighted by atomic mass is 32.2. The largest absolute Gasteiger partial charge is 0.379 e. The molecule has 1 N–H and O–H groups in total. The number of carbonyl (C=O) groups excluding carboxylic acids is 1. The molecule has 0 spiro atoms. The number of nitrogens with zero attached hydrogens (tertiary/aromatic N) is 3. The Labute approximate surface area is 143 Å². The summed E-state index contributed by atoms with van der Waals surface area (Å²) in [5.41, 5.74) is 1.18. The molecule has 0 radical (unpaired) electrons. The second-order valence-electron chi connectivity index (χ2n) is 6.33. The number of carbonyl (C=O) groups is 1. The molecule has 1 aromatic rings. The number of aryl methyl sites for hydroxylation is 2. The van der Waals surface area contributed by atoms with Crippen molar-refractivity contribution in [3.63, 3.8) is 0 Å². The average molecular weight is 358 g/mol. The standard InChI is InChI=1S/C15H26N4O4S/c1-5-6-19-7-13(11(2)17-19)15(20)16-14-9-23-8-12(14)10-24(21,22)18(3)4/h7,12,14H,5-6,8-10H2,1-4H3,(H,16,20)/t12-,14+/m0/s1. The van der Waals surface area contributed by atoms with Crippen LogP contribution in [-0.2, 0) is 21.3 Å². The summed E-state index contributed by atoms with van der Waals surface area (Å²) in [5, 5.41) is 7.22. The van der Waals surface area contributed by atoms with E-state index in [2.05, 4.69) is 10.4 Å². The zero-order valence-electron chi connectivity index (χ0n) is 14.7. The van der Waals surface area contributed by atoms with Crippen LogP contribution in [0.5, 0.6) is 0 Å². The van der Waals surface area contributed by atoms with E-state index in [0.717, 1.165) is 13.0 Å². The van der Waals surface area contributed by atoms with E-state index >= 15 is 0 Å². The first-order valence-electron chi connectivity index (χ1n) is 8.07. The molecular weight excluding hydrogens is 332 g/mol. The molecule has 1 aromatic heterocycles. The second kappa shape index (κ2) is 7.62. The van der Waals surface area contributed by atoms with Gasteiger partial charge in [-0.2, -0.15) is 5.10 Å². The molecule has 1 aliphatic heterocycles. The summed E-state index contributed by atoms with van der Waals surface area (Å²) in [6, 6.07) is -0.318. The topological polar surface area (TPSA) is 93.5 Å². The lowest BCUT2D eigenvalue weighted by molar-refractivity contribution is 0.0925. The van der Waals surface area contributed by atoms with Gasteiger partial charge in [0.2, 0.25) is 10.0 Å². The summed E-state index contributed by atoms with van der Waals surface area (Å²) in [4.78, 5) is 12.5. The molecule has 0 aliphatic carbocycles. The average Bonchev–Trinajstić information content (AvgIpc) is 3.06. The van der Waals surface area contributed by atoms with E-state index in [1.54, 1.807) is 17.8 Å². The van der Waals surface area contributed by atoms with Gasteiger partial charge in [-0.05, 0) is 13.3 Å². The summed E-state index contributed by atoms with van der Waals surface area (Å²) >= 11 is 0. The van der Waals surface area contributed by atoms with Crippen LogP contribution in [-0.4, -0.2) is 67.5 Å².